The molecule has 0 aliphatic carbocycles. The zero-order valence-corrected chi connectivity index (χ0v) is 21.4. The topological polar surface area (TPSA) is 18.0 Å². The number of aryl methyl sites for hydroxylation is 1. The first kappa shape index (κ1) is 31.3. The smallest absolute Gasteiger partial charge is 0.168 e. The van der Waals surface area contributed by atoms with Gasteiger partial charge in [0, 0.05) is 30.7 Å². The quantitative estimate of drug-likeness (QED) is 0.257. The van der Waals surface area contributed by atoms with E-state index in [1.807, 2.05) is 30.6 Å². The summed E-state index contributed by atoms with van der Waals surface area (Å²) in [5, 5.41) is 0. The molecule has 1 N–H and O–H groups in total. The number of hydrogen-bond donors (Lipinski definition) is 0. The normalized spacial score (nSPS) is 9.63. The van der Waals surface area contributed by atoms with E-state index in [1.54, 1.807) is 0 Å². The first-order valence-corrected chi connectivity index (χ1v) is 11.8. The number of H-pyrrole nitrogens is 1. The van der Waals surface area contributed by atoms with Crippen molar-refractivity contribution in [1.29, 1.82) is 0 Å². The Morgan fingerprint density at radius 2 is 0.933 bits per heavy atom. The van der Waals surface area contributed by atoms with E-state index in [0.29, 0.717) is 0 Å². The fourth-order valence-corrected chi connectivity index (χ4v) is 3.41. The Hall–Kier alpha value is -0.930. The third kappa shape index (κ3) is 21.8. The van der Waals surface area contributed by atoms with Crippen molar-refractivity contribution in [2.24, 2.45) is 0 Å². The standard InChI is InChI=1S/C21H38N.C5H5N.BrH.ClH/c1-2-3-4-5-6-7-8-9-10-11-12-13-14-16-19-22-20-17-15-18-21-22;1-2-4-6-5-3-1;;/h15,17-18,20-21H,2-14,16,19H2,1H3;1-5H;2*1H/q+1;;;/p-1. The molecule has 172 valence electrons. The first-order valence-electron chi connectivity index (χ1n) is 11.8. The summed E-state index contributed by atoms with van der Waals surface area (Å²) in [7, 11) is 0. The highest BCUT2D eigenvalue weighted by Gasteiger charge is 1.98. The van der Waals surface area contributed by atoms with Crippen molar-refractivity contribution in [3.8, 4) is 0 Å². The number of nitrogens with one attached hydrogen (secondary N) is 1. The molecule has 0 aromatic carbocycles. The molecule has 0 radical (unpaired) electrons. The van der Waals surface area contributed by atoms with Crippen molar-refractivity contribution in [3.05, 3.63) is 61.2 Å². The summed E-state index contributed by atoms with van der Waals surface area (Å²) in [6.07, 6.45) is 28.2. The van der Waals surface area contributed by atoms with Gasteiger partial charge in [0.25, 0.3) is 0 Å². The second kappa shape index (κ2) is 26.1. The second-order valence-electron chi connectivity index (χ2n) is 7.79. The summed E-state index contributed by atoms with van der Waals surface area (Å²) in [4.78, 5) is 2.89. The molecule has 2 nitrogen and oxygen atoms in total. The van der Waals surface area contributed by atoms with Gasteiger partial charge in [0.2, 0.25) is 0 Å². The number of hydrogen-bond acceptors (Lipinski definition) is 0. The Morgan fingerprint density at radius 1 is 0.533 bits per heavy atom. The summed E-state index contributed by atoms with van der Waals surface area (Å²) in [5.41, 5.74) is 0. The molecular weight excluding hydrogens is 456 g/mol. The van der Waals surface area contributed by atoms with Crippen molar-refractivity contribution in [3.63, 3.8) is 0 Å². The van der Waals surface area contributed by atoms with Gasteiger partial charge >= 0.3 is 0 Å². The Bertz CT molecular complexity index is 498. The summed E-state index contributed by atoms with van der Waals surface area (Å²) >= 11 is 0. The molecule has 2 heterocycles. The van der Waals surface area contributed by atoms with Crippen LogP contribution in [0.1, 0.15) is 96.8 Å². The lowest BCUT2D eigenvalue weighted by molar-refractivity contribution is -0.697. The van der Waals surface area contributed by atoms with E-state index in [1.165, 1.54) is 96.4 Å². The number of halogens is 2. The van der Waals surface area contributed by atoms with E-state index in [9.17, 15) is 0 Å². The molecular formula is C26H44BrClN2. The lowest BCUT2D eigenvalue weighted by Crippen LogP contribution is -3.00. The van der Waals surface area contributed by atoms with Gasteiger partial charge in [-0.05, 0) is 6.42 Å². The fraction of sp³-hybridized carbons (Fsp3) is 0.615. The average Bonchev–Trinajstić information content (AvgIpc) is 2.76. The van der Waals surface area contributed by atoms with Crippen molar-refractivity contribution in [1.82, 2.24) is 0 Å². The van der Waals surface area contributed by atoms with E-state index in [4.69, 9.17) is 0 Å². The monoisotopic (exact) mass is 498 g/mol. The zero-order chi connectivity index (χ0) is 20.0. The van der Waals surface area contributed by atoms with E-state index in [2.05, 4.69) is 47.1 Å². The highest BCUT2D eigenvalue weighted by atomic mass is 79.9. The maximum atomic E-state index is 2.89. The van der Waals surface area contributed by atoms with Crippen LogP contribution >= 0.6 is 0 Å². The highest BCUT2D eigenvalue weighted by Crippen LogP contribution is 2.12. The minimum atomic E-state index is 0. The van der Waals surface area contributed by atoms with Gasteiger partial charge in [-0.25, -0.2) is 9.55 Å². The lowest BCUT2D eigenvalue weighted by Gasteiger charge is -2.02. The van der Waals surface area contributed by atoms with E-state index >= 15 is 0 Å². The van der Waals surface area contributed by atoms with Crippen molar-refractivity contribution in [2.75, 3.05) is 0 Å². The maximum Gasteiger partial charge on any atom is 0.168 e. The molecule has 0 amide bonds. The molecule has 4 heteroatoms. The van der Waals surface area contributed by atoms with E-state index < -0.39 is 0 Å². The molecule has 0 aliphatic heterocycles. The van der Waals surface area contributed by atoms with Crippen molar-refractivity contribution < 1.29 is 38.9 Å². The highest BCUT2D eigenvalue weighted by molar-refractivity contribution is 4.83. The minimum Gasteiger partial charge on any atom is -1.00 e. The van der Waals surface area contributed by atoms with Crippen LogP contribution in [0.5, 0.6) is 0 Å². The van der Waals surface area contributed by atoms with Crippen LogP contribution in [0.4, 0.5) is 0 Å². The van der Waals surface area contributed by atoms with Crippen LogP contribution < -0.4 is 38.9 Å². The Kier molecular flexibility index (Phi) is 27.2. The van der Waals surface area contributed by atoms with Gasteiger partial charge in [0.1, 0.15) is 6.54 Å². The van der Waals surface area contributed by atoms with Crippen molar-refractivity contribution in [2.45, 2.75) is 103 Å². The molecule has 30 heavy (non-hydrogen) atoms. The van der Waals surface area contributed by atoms with Crippen LogP contribution in [-0.4, -0.2) is 0 Å². The number of aromatic nitrogens is 2. The molecule has 0 unspecified atom stereocenters. The zero-order valence-electron chi connectivity index (χ0n) is 19.1. The summed E-state index contributed by atoms with van der Waals surface area (Å²) in [5.74, 6) is 0. The van der Waals surface area contributed by atoms with Gasteiger partial charge in [-0.3, -0.25) is 0 Å². The van der Waals surface area contributed by atoms with Crippen LogP contribution in [0.3, 0.4) is 0 Å². The average molecular weight is 500 g/mol. The molecule has 0 fully saturated rings. The Balaban J connectivity index is 0. The largest absolute Gasteiger partial charge is 1.00 e. The van der Waals surface area contributed by atoms with Gasteiger partial charge in [0.05, 0.1) is 0 Å². The third-order valence-corrected chi connectivity index (χ3v) is 5.15. The molecule has 0 bridgehead atoms. The van der Waals surface area contributed by atoms with Crippen molar-refractivity contribution >= 4 is 0 Å². The number of pyridine rings is 2. The molecule has 0 saturated carbocycles. The van der Waals surface area contributed by atoms with E-state index in [0.717, 1.165) is 0 Å². The molecule has 0 atom stereocenters. The van der Waals surface area contributed by atoms with Gasteiger partial charge in [0.15, 0.2) is 24.8 Å². The Labute approximate surface area is 203 Å². The second-order valence-corrected chi connectivity index (χ2v) is 7.79. The number of rotatable bonds is 15. The predicted octanol–water partition coefficient (Wildman–Crippen LogP) is 0.964. The predicted molar refractivity (Wildman–Crippen MR) is 120 cm³/mol. The minimum absolute atomic E-state index is 0. The van der Waals surface area contributed by atoms with Crippen LogP contribution in [0, 0.1) is 0 Å². The fourth-order valence-electron chi connectivity index (χ4n) is 3.41. The molecule has 0 aliphatic rings. The van der Waals surface area contributed by atoms with Gasteiger partial charge in [-0.2, -0.15) is 0 Å². The molecule has 0 spiro atoms. The third-order valence-electron chi connectivity index (χ3n) is 5.15. The first-order chi connectivity index (χ1) is 13.9. The summed E-state index contributed by atoms with van der Waals surface area (Å²) in [6.45, 7) is 3.47. The number of nitrogens with zero attached hydrogens (tertiary/aromatic N) is 1. The van der Waals surface area contributed by atoms with Crippen LogP contribution in [0.25, 0.3) is 0 Å². The van der Waals surface area contributed by atoms with E-state index in [-0.39, 0.29) is 29.4 Å². The molecule has 2 aromatic rings. The van der Waals surface area contributed by atoms with Gasteiger partial charge in [-0.1, -0.05) is 96.1 Å². The summed E-state index contributed by atoms with van der Waals surface area (Å²) < 4.78 is 2.29. The van der Waals surface area contributed by atoms with Gasteiger partial charge in [-0.15, -0.1) is 0 Å². The Morgan fingerprint density at radius 3 is 1.30 bits per heavy atom. The molecule has 2 aromatic heterocycles. The number of aromatic amines is 1. The maximum absolute atomic E-state index is 2.89. The SMILES string of the molecule is CCCCCCCCCCCCCCCC[n+]1ccccc1.[Br-].[Cl-].c1cc[nH+]cc1. The van der Waals surface area contributed by atoms with Crippen LogP contribution in [0.2, 0.25) is 0 Å². The molecule has 2 rings (SSSR count). The summed E-state index contributed by atoms with van der Waals surface area (Å²) in [6, 6.07) is 12.2. The van der Waals surface area contributed by atoms with Crippen LogP contribution in [-0.2, 0) is 6.54 Å². The number of unbranched alkanes of at least 4 members (excludes halogenated alkanes) is 13. The molecule has 0 saturated heterocycles. The lowest BCUT2D eigenvalue weighted by atomic mass is 10.0. The van der Waals surface area contributed by atoms with Crippen LogP contribution in [0.15, 0.2) is 61.2 Å². The van der Waals surface area contributed by atoms with Gasteiger partial charge < -0.3 is 29.4 Å².